The Hall–Kier alpha value is -2.88. The number of carbonyl (C=O) groups is 1. The van der Waals surface area contributed by atoms with Crippen LogP contribution in [0.25, 0.3) is 0 Å². The summed E-state index contributed by atoms with van der Waals surface area (Å²) in [5.41, 5.74) is 0.0293. The summed E-state index contributed by atoms with van der Waals surface area (Å²) in [6.45, 7) is 1.62. The number of benzene rings is 1. The second-order valence-electron chi connectivity index (χ2n) is 4.02. The van der Waals surface area contributed by atoms with Gasteiger partial charge in [0.15, 0.2) is 0 Å². The van der Waals surface area contributed by atoms with Gasteiger partial charge in [0.05, 0.1) is 5.69 Å². The highest BCUT2D eigenvalue weighted by molar-refractivity contribution is 5.91. The molecule has 0 aliphatic carbocycles. The maximum atomic E-state index is 13.5. The third kappa shape index (κ3) is 2.19. The Morgan fingerprint density at radius 3 is 2.85 bits per heavy atom. The molecule has 0 radical (unpaired) electrons. The molecule has 0 saturated heterocycles. The van der Waals surface area contributed by atoms with Crippen LogP contribution < -0.4 is 4.74 Å². The second-order valence-corrected chi connectivity index (χ2v) is 4.02. The second kappa shape index (κ2) is 5.01. The summed E-state index contributed by atoms with van der Waals surface area (Å²) >= 11 is 0. The molecule has 102 valence electrons. The summed E-state index contributed by atoms with van der Waals surface area (Å²) in [6, 6.07) is 5.58. The van der Waals surface area contributed by atoms with Gasteiger partial charge in [-0.1, -0.05) is 6.07 Å². The predicted molar refractivity (Wildman–Crippen MR) is 66.1 cm³/mol. The lowest BCUT2D eigenvalue weighted by Crippen LogP contribution is -2.05. The number of carboxylic acid groups (broad SMARTS) is 1. The first-order valence-electron chi connectivity index (χ1n) is 5.59. The lowest BCUT2D eigenvalue weighted by molar-refractivity contribution is 0.0688. The van der Waals surface area contributed by atoms with Crippen LogP contribution >= 0.6 is 0 Å². The zero-order valence-electron chi connectivity index (χ0n) is 10.7. The maximum Gasteiger partial charge on any atom is 0.342 e. The van der Waals surface area contributed by atoms with Crippen molar-refractivity contribution < 1.29 is 19.0 Å². The third-order valence-electron chi connectivity index (χ3n) is 2.68. The highest BCUT2D eigenvalue weighted by atomic mass is 19.1. The first-order valence-corrected chi connectivity index (χ1v) is 5.59. The molecule has 0 saturated carbocycles. The van der Waals surface area contributed by atoms with Gasteiger partial charge in [0.1, 0.15) is 28.8 Å². The molecule has 0 fully saturated rings. The average Bonchev–Trinajstić information content (AvgIpc) is 2.63. The van der Waals surface area contributed by atoms with Crippen LogP contribution in [-0.2, 0) is 7.05 Å². The van der Waals surface area contributed by atoms with E-state index in [0.29, 0.717) is 5.69 Å². The van der Waals surface area contributed by atoms with Gasteiger partial charge in [-0.05, 0) is 19.1 Å². The number of ether oxygens (including phenoxy) is 1. The molecule has 0 unspecified atom stereocenters. The first kappa shape index (κ1) is 13.5. The van der Waals surface area contributed by atoms with Crippen molar-refractivity contribution in [2.45, 2.75) is 6.92 Å². The predicted octanol–water partition coefficient (Wildman–Crippen LogP) is 2.23. The third-order valence-corrected chi connectivity index (χ3v) is 2.68. The number of hydrogen-bond donors (Lipinski definition) is 1. The SMILES string of the molecule is Cc1nn(C)c(Oc2cccc(F)c2C(=O)O)c1C#N. The molecule has 0 aliphatic rings. The Kier molecular flexibility index (Phi) is 3.39. The van der Waals surface area contributed by atoms with Crippen molar-refractivity contribution in [1.82, 2.24) is 9.78 Å². The molecular weight excluding hydrogens is 265 g/mol. The first-order chi connectivity index (χ1) is 9.45. The molecule has 0 bridgehead atoms. The van der Waals surface area contributed by atoms with Gasteiger partial charge in [-0.25, -0.2) is 13.9 Å². The van der Waals surface area contributed by atoms with Gasteiger partial charge in [0.2, 0.25) is 5.88 Å². The lowest BCUT2D eigenvalue weighted by atomic mass is 10.2. The summed E-state index contributed by atoms with van der Waals surface area (Å²) < 4.78 is 20.2. The van der Waals surface area contributed by atoms with E-state index in [1.165, 1.54) is 16.8 Å². The van der Waals surface area contributed by atoms with Gasteiger partial charge in [0, 0.05) is 7.05 Å². The molecular formula is C13H10FN3O3. The molecule has 0 amide bonds. The summed E-state index contributed by atoms with van der Waals surface area (Å²) in [6.07, 6.45) is 0. The van der Waals surface area contributed by atoms with Crippen molar-refractivity contribution in [1.29, 1.82) is 5.26 Å². The number of rotatable bonds is 3. The van der Waals surface area contributed by atoms with Crippen LogP contribution in [0.5, 0.6) is 11.6 Å². The zero-order chi connectivity index (χ0) is 14.9. The molecule has 1 heterocycles. The van der Waals surface area contributed by atoms with Crippen LogP contribution in [0.2, 0.25) is 0 Å². The van der Waals surface area contributed by atoms with Crippen molar-refractivity contribution in [3.8, 4) is 17.7 Å². The summed E-state index contributed by atoms with van der Waals surface area (Å²) in [5, 5.41) is 22.1. The van der Waals surface area contributed by atoms with Crippen molar-refractivity contribution in [3.63, 3.8) is 0 Å². The number of carboxylic acids is 1. The molecule has 7 heteroatoms. The Morgan fingerprint density at radius 2 is 2.25 bits per heavy atom. The van der Waals surface area contributed by atoms with Gasteiger partial charge in [-0.3, -0.25) is 0 Å². The van der Waals surface area contributed by atoms with Gasteiger partial charge in [-0.15, -0.1) is 0 Å². The van der Waals surface area contributed by atoms with Gasteiger partial charge < -0.3 is 9.84 Å². The monoisotopic (exact) mass is 275 g/mol. The van der Waals surface area contributed by atoms with Crippen molar-refractivity contribution in [3.05, 3.63) is 40.8 Å². The van der Waals surface area contributed by atoms with Crippen LogP contribution in [0.1, 0.15) is 21.6 Å². The van der Waals surface area contributed by atoms with E-state index < -0.39 is 17.3 Å². The Bertz CT molecular complexity index is 731. The fourth-order valence-electron chi connectivity index (χ4n) is 1.78. The number of aromatic carboxylic acids is 1. The number of aromatic nitrogens is 2. The van der Waals surface area contributed by atoms with E-state index >= 15 is 0 Å². The fraction of sp³-hybridized carbons (Fsp3) is 0.154. The molecule has 20 heavy (non-hydrogen) atoms. The average molecular weight is 275 g/mol. The topological polar surface area (TPSA) is 88.1 Å². The van der Waals surface area contributed by atoms with E-state index in [1.54, 1.807) is 14.0 Å². The fourth-order valence-corrected chi connectivity index (χ4v) is 1.78. The van der Waals surface area contributed by atoms with Crippen LogP contribution in [0.15, 0.2) is 18.2 Å². The minimum absolute atomic E-state index is 0.0677. The molecule has 0 atom stereocenters. The van der Waals surface area contributed by atoms with Crippen LogP contribution in [0, 0.1) is 24.1 Å². The molecule has 1 aromatic carbocycles. The van der Waals surface area contributed by atoms with Gasteiger partial charge in [-0.2, -0.15) is 10.4 Å². The number of aryl methyl sites for hydroxylation is 2. The summed E-state index contributed by atoms with van der Waals surface area (Å²) in [7, 11) is 1.54. The minimum Gasteiger partial charge on any atom is -0.477 e. The summed E-state index contributed by atoms with van der Waals surface area (Å²) in [4.78, 5) is 11.1. The number of nitrogens with zero attached hydrogens (tertiary/aromatic N) is 3. The quantitative estimate of drug-likeness (QED) is 0.927. The largest absolute Gasteiger partial charge is 0.477 e. The van der Waals surface area contributed by atoms with Gasteiger partial charge >= 0.3 is 5.97 Å². The number of hydrogen-bond acceptors (Lipinski definition) is 4. The van der Waals surface area contributed by atoms with E-state index in [4.69, 9.17) is 15.1 Å². The van der Waals surface area contributed by atoms with E-state index in [-0.39, 0.29) is 17.2 Å². The molecule has 1 N–H and O–H groups in total. The molecule has 2 rings (SSSR count). The van der Waals surface area contributed by atoms with E-state index in [9.17, 15) is 9.18 Å². The number of halogens is 1. The molecule has 2 aromatic rings. The summed E-state index contributed by atoms with van der Waals surface area (Å²) in [5.74, 6) is -2.47. The van der Waals surface area contributed by atoms with Crippen molar-refractivity contribution in [2.24, 2.45) is 7.05 Å². The molecule has 6 nitrogen and oxygen atoms in total. The number of nitriles is 1. The molecule has 1 aromatic heterocycles. The van der Waals surface area contributed by atoms with Gasteiger partial charge in [0.25, 0.3) is 0 Å². The van der Waals surface area contributed by atoms with Crippen molar-refractivity contribution in [2.75, 3.05) is 0 Å². The standard InChI is InChI=1S/C13H10FN3O3/c1-7-8(6-15)12(17(2)16-7)20-10-5-3-4-9(14)11(10)13(18)19/h3-5H,1-2H3,(H,18,19). The Morgan fingerprint density at radius 1 is 1.55 bits per heavy atom. The van der Waals surface area contributed by atoms with Crippen molar-refractivity contribution >= 4 is 5.97 Å². The highest BCUT2D eigenvalue weighted by Crippen LogP contribution is 2.30. The van der Waals surface area contributed by atoms with Crippen LogP contribution in [-0.4, -0.2) is 20.9 Å². The van der Waals surface area contributed by atoms with Crippen LogP contribution in [0.3, 0.4) is 0 Å². The smallest absolute Gasteiger partial charge is 0.342 e. The highest BCUT2D eigenvalue weighted by Gasteiger charge is 2.21. The lowest BCUT2D eigenvalue weighted by Gasteiger charge is -2.09. The van der Waals surface area contributed by atoms with E-state index in [0.717, 1.165) is 6.07 Å². The minimum atomic E-state index is -1.45. The molecule has 0 aliphatic heterocycles. The van der Waals surface area contributed by atoms with Crippen LogP contribution in [0.4, 0.5) is 4.39 Å². The zero-order valence-corrected chi connectivity index (χ0v) is 10.7. The maximum absolute atomic E-state index is 13.5. The molecule has 0 spiro atoms. The van der Waals surface area contributed by atoms with E-state index in [1.807, 2.05) is 6.07 Å². The Balaban J connectivity index is 2.54. The van der Waals surface area contributed by atoms with E-state index in [2.05, 4.69) is 5.10 Å². The normalized spacial score (nSPS) is 10.1. The Labute approximate surface area is 113 Å².